The van der Waals surface area contributed by atoms with E-state index in [0.717, 1.165) is 5.01 Å². The summed E-state index contributed by atoms with van der Waals surface area (Å²) in [6.45, 7) is 2.62. The maximum atomic E-state index is 11.3. The zero-order valence-corrected chi connectivity index (χ0v) is 8.89. The first-order valence-electron chi connectivity index (χ1n) is 4.07. The maximum Gasteiger partial charge on any atom is 0.286 e. The van der Waals surface area contributed by atoms with Crippen molar-refractivity contribution in [1.82, 2.24) is 10.5 Å². The third-order valence-electron chi connectivity index (χ3n) is 1.40. The fourth-order valence-electron chi connectivity index (χ4n) is 0.758. The minimum Gasteiger partial charge on any atom is -0.382 e. The molecule has 0 radical (unpaired) electrons. The highest BCUT2D eigenvalue weighted by atomic mass is 32.1. The number of rotatable bonds is 5. The third-order valence-corrected chi connectivity index (χ3v) is 2.31. The second kappa shape index (κ2) is 5.69. The molecule has 5 nitrogen and oxygen atoms in total. The second-order valence-corrected chi connectivity index (χ2v) is 3.75. The smallest absolute Gasteiger partial charge is 0.286 e. The molecule has 1 aromatic heterocycles. The monoisotopic (exact) mass is 216 g/mol. The SMILES string of the molecule is COCCONC(=O)c1cnc(C)s1. The summed E-state index contributed by atoms with van der Waals surface area (Å²) in [4.78, 5) is 20.7. The molecule has 0 spiro atoms. The molecule has 0 aliphatic carbocycles. The minimum absolute atomic E-state index is 0.272. The standard InChI is InChI=1S/C8H12N2O3S/c1-6-9-5-7(14-6)8(11)10-13-4-3-12-2/h5H,3-4H2,1-2H3,(H,10,11). The summed E-state index contributed by atoms with van der Waals surface area (Å²) >= 11 is 1.33. The van der Waals surface area contributed by atoms with Gasteiger partial charge in [-0.05, 0) is 6.92 Å². The first-order valence-corrected chi connectivity index (χ1v) is 4.89. The molecule has 1 heterocycles. The Morgan fingerprint density at radius 1 is 1.64 bits per heavy atom. The predicted octanol–water partition coefficient (Wildman–Crippen LogP) is 0.759. The largest absolute Gasteiger partial charge is 0.382 e. The second-order valence-electron chi connectivity index (χ2n) is 2.52. The number of hydrogen-bond acceptors (Lipinski definition) is 5. The topological polar surface area (TPSA) is 60.5 Å². The van der Waals surface area contributed by atoms with Gasteiger partial charge in [-0.25, -0.2) is 10.5 Å². The number of hydroxylamine groups is 1. The van der Waals surface area contributed by atoms with Crippen LogP contribution in [-0.2, 0) is 9.57 Å². The van der Waals surface area contributed by atoms with Crippen LogP contribution in [0.25, 0.3) is 0 Å². The van der Waals surface area contributed by atoms with Crippen LogP contribution >= 0.6 is 11.3 Å². The molecule has 1 rings (SSSR count). The van der Waals surface area contributed by atoms with Gasteiger partial charge in [0.15, 0.2) is 0 Å². The summed E-state index contributed by atoms with van der Waals surface area (Å²) in [5.74, 6) is -0.272. The van der Waals surface area contributed by atoms with Crippen molar-refractivity contribution >= 4 is 17.2 Å². The molecule has 0 fully saturated rings. The number of nitrogens with zero attached hydrogens (tertiary/aromatic N) is 1. The summed E-state index contributed by atoms with van der Waals surface area (Å²) in [6, 6.07) is 0. The molecule has 0 saturated carbocycles. The molecule has 14 heavy (non-hydrogen) atoms. The highest BCUT2D eigenvalue weighted by molar-refractivity contribution is 7.13. The molecule has 0 aliphatic rings. The quantitative estimate of drug-likeness (QED) is 0.583. The fraction of sp³-hybridized carbons (Fsp3) is 0.500. The number of carbonyl (C=O) groups excluding carboxylic acids is 1. The van der Waals surface area contributed by atoms with Crippen LogP contribution in [0.15, 0.2) is 6.20 Å². The zero-order valence-electron chi connectivity index (χ0n) is 8.07. The van der Waals surface area contributed by atoms with E-state index in [4.69, 9.17) is 9.57 Å². The van der Waals surface area contributed by atoms with Crippen molar-refractivity contribution in [3.8, 4) is 0 Å². The van der Waals surface area contributed by atoms with Gasteiger partial charge in [0.2, 0.25) is 0 Å². The lowest BCUT2D eigenvalue weighted by atomic mass is 10.5. The van der Waals surface area contributed by atoms with Gasteiger partial charge >= 0.3 is 0 Å². The number of nitrogens with one attached hydrogen (secondary N) is 1. The van der Waals surface area contributed by atoms with Gasteiger partial charge in [-0.3, -0.25) is 9.63 Å². The molecule has 0 aromatic carbocycles. The molecule has 0 bridgehead atoms. The van der Waals surface area contributed by atoms with Gasteiger partial charge in [0.05, 0.1) is 24.4 Å². The minimum atomic E-state index is -0.272. The van der Waals surface area contributed by atoms with E-state index in [1.807, 2.05) is 6.92 Å². The van der Waals surface area contributed by atoms with E-state index >= 15 is 0 Å². The molecule has 6 heteroatoms. The Bertz CT molecular complexity index is 301. The summed E-state index contributed by atoms with van der Waals surface area (Å²) in [6.07, 6.45) is 1.52. The third kappa shape index (κ3) is 3.41. The van der Waals surface area contributed by atoms with Crippen molar-refractivity contribution in [1.29, 1.82) is 0 Å². The Kier molecular flexibility index (Phi) is 4.51. The van der Waals surface area contributed by atoms with E-state index in [1.54, 1.807) is 7.11 Å². The molecular weight excluding hydrogens is 204 g/mol. The lowest BCUT2D eigenvalue weighted by Crippen LogP contribution is -2.24. The van der Waals surface area contributed by atoms with Crippen LogP contribution in [-0.4, -0.2) is 31.2 Å². The van der Waals surface area contributed by atoms with Crippen LogP contribution in [0.4, 0.5) is 0 Å². The summed E-state index contributed by atoms with van der Waals surface area (Å²) in [5.41, 5.74) is 2.30. The Morgan fingerprint density at radius 3 is 3.00 bits per heavy atom. The number of methoxy groups -OCH3 is 1. The normalized spacial score (nSPS) is 10.1. The van der Waals surface area contributed by atoms with E-state index in [1.165, 1.54) is 17.5 Å². The lowest BCUT2D eigenvalue weighted by Gasteiger charge is -2.02. The van der Waals surface area contributed by atoms with Crippen LogP contribution in [0.1, 0.15) is 14.7 Å². The van der Waals surface area contributed by atoms with Crippen LogP contribution < -0.4 is 5.48 Å². The Morgan fingerprint density at radius 2 is 2.43 bits per heavy atom. The summed E-state index contributed by atoms with van der Waals surface area (Å²) in [7, 11) is 1.57. The van der Waals surface area contributed by atoms with E-state index in [-0.39, 0.29) is 5.91 Å². The van der Waals surface area contributed by atoms with Gasteiger partial charge < -0.3 is 4.74 Å². The molecule has 0 atom stereocenters. The summed E-state index contributed by atoms with van der Waals surface area (Å²) < 4.78 is 4.75. The Balaban J connectivity index is 2.29. The molecule has 0 saturated heterocycles. The number of aromatic nitrogens is 1. The van der Waals surface area contributed by atoms with Crippen molar-refractivity contribution in [2.45, 2.75) is 6.92 Å². The molecule has 1 amide bonds. The zero-order chi connectivity index (χ0) is 10.4. The van der Waals surface area contributed by atoms with Crippen molar-refractivity contribution in [2.75, 3.05) is 20.3 Å². The molecule has 78 valence electrons. The number of carbonyl (C=O) groups is 1. The van der Waals surface area contributed by atoms with E-state index in [0.29, 0.717) is 18.1 Å². The van der Waals surface area contributed by atoms with E-state index in [9.17, 15) is 4.79 Å². The fourth-order valence-corrected chi connectivity index (χ4v) is 1.42. The van der Waals surface area contributed by atoms with Crippen molar-refractivity contribution in [3.63, 3.8) is 0 Å². The van der Waals surface area contributed by atoms with Crippen LogP contribution in [0, 0.1) is 6.92 Å². The molecule has 0 unspecified atom stereocenters. The Hall–Kier alpha value is -0.980. The summed E-state index contributed by atoms with van der Waals surface area (Å²) in [5, 5.41) is 0.854. The van der Waals surface area contributed by atoms with Gasteiger partial charge in [-0.2, -0.15) is 0 Å². The maximum absolute atomic E-state index is 11.3. The van der Waals surface area contributed by atoms with Gasteiger partial charge in [0.25, 0.3) is 5.91 Å². The van der Waals surface area contributed by atoms with E-state index < -0.39 is 0 Å². The first-order chi connectivity index (χ1) is 6.74. The number of hydrogen-bond donors (Lipinski definition) is 1. The number of ether oxygens (including phenoxy) is 1. The molecule has 0 aliphatic heterocycles. The number of thiazole rings is 1. The van der Waals surface area contributed by atoms with Gasteiger partial charge in [0.1, 0.15) is 4.88 Å². The van der Waals surface area contributed by atoms with E-state index in [2.05, 4.69) is 10.5 Å². The predicted molar refractivity (Wildman–Crippen MR) is 52.1 cm³/mol. The van der Waals surface area contributed by atoms with Gasteiger partial charge in [-0.1, -0.05) is 0 Å². The number of amides is 1. The van der Waals surface area contributed by atoms with Gasteiger partial charge in [-0.15, -0.1) is 11.3 Å². The highest BCUT2D eigenvalue weighted by Gasteiger charge is 2.08. The first kappa shape index (κ1) is 11.1. The van der Waals surface area contributed by atoms with Crippen LogP contribution in [0.5, 0.6) is 0 Å². The molecular formula is C8H12N2O3S. The van der Waals surface area contributed by atoms with Crippen molar-refractivity contribution in [3.05, 3.63) is 16.1 Å². The van der Waals surface area contributed by atoms with Crippen LogP contribution in [0.3, 0.4) is 0 Å². The molecule has 1 aromatic rings. The lowest BCUT2D eigenvalue weighted by molar-refractivity contribution is 0.00913. The average Bonchev–Trinajstić information content (AvgIpc) is 2.59. The number of aryl methyl sites for hydroxylation is 1. The Labute approximate surface area is 86.0 Å². The average molecular weight is 216 g/mol. The van der Waals surface area contributed by atoms with Crippen LogP contribution in [0.2, 0.25) is 0 Å². The van der Waals surface area contributed by atoms with Crippen molar-refractivity contribution in [2.24, 2.45) is 0 Å². The van der Waals surface area contributed by atoms with Crippen molar-refractivity contribution < 1.29 is 14.4 Å². The molecule has 1 N–H and O–H groups in total. The highest BCUT2D eigenvalue weighted by Crippen LogP contribution is 2.10. The van der Waals surface area contributed by atoms with Gasteiger partial charge in [0, 0.05) is 7.11 Å².